The van der Waals surface area contributed by atoms with Crippen molar-refractivity contribution in [2.45, 2.75) is 188 Å². The van der Waals surface area contributed by atoms with Gasteiger partial charge in [0.15, 0.2) is 18.3 Å². The van der Waals surface area contributed by atoms with Crippen molar-refractivity contribution in [2.75, 3.05) is 13.1 Å². The Morgan fingerprint density at radius 2 is 1.71 bits per heavy atom. The van der Waals surface area contributed by atoms with Gasteiger partial charge in [-0.05, 0) is 112 Å². The number of allylic oxidation sites excluding steroid dienone is 5. The third-order valence-electron chi connectivity index (χ3n) is 15.5. The van der Waals surface area contributed by atoms with E-state index in [0.717, 1.165) is 49.7 Å². The molecule has 14 atom stereocenters. The number of hydrogen-bond donors (Lipinski definition) is 8. The first-order valence-electron chi connectivity index (χ1n) is 27.4. The lowest BCUT2D eigenvalue weighted by atomic mass is 9.75. The molecule has 0 saturated carbocycles. The van der Waals surface area contributed by atoms with Crippen LogP contribution in [0.15, 0.2) is 89.1 Å². The summed E-state index contributed by atoms with van der Waals surface area (Å²) in [6, 6.07) is 4.20. The highest BCUT2D eigenvalue weighted by molar-refractivity contribution is 5.91. The Morgan fingerprint density at radius 1 is 0.973 bits per heavy atom. The fourth-order valence-corrected chi connectivity index (χ4v) is 10.2. The molecule has 1 spiro atoms. The van der Waals surface area contributed by atoms with Gasteiger partial charge in [0.05, 0.1) is 36.4 Å². The van der Waals surface area contributed by atoms with Gasteiger partial charge in [-0.3, -0.25) is 14.4 Å². The SMILES string of the molecule is CC[C@H]1C[C@H](C)[C@@]2(NC1=O)O[C@@H](C[C@H](O)[C@@H](C)CC/C=C/C=C(\C)[C@@H](O)C/C=C/C=C/[C@@H](O)[C@H](C)[C@@H](O)[C@@H](CCC(C)=O)C(=O)N[C@H](C(=O)N[C@@H](Cc1cccc(O)c1)C(=O)[N+]1=NCCCC1)C(C)C)[C@H](C)C=C2C. The normalized spacial score (nSPS) is 25.2. The van der Waals surface area contributed by atoms with Crippen LogP contribution in [0.3, 0.4) is 0 Å². The quantitative estimate of drug-likeness (QED) is 0.0251. The summed E-state index contributed by atoms with van der Waals surface area (Å²) < 4.78 is 8.06. The number of nitrogens with one attached hydrogen (secondary N) is 3. The molecule has 3 aliphatic rings. The number of ether oxygens (including phenoxy) is 1. The third kappa shape index (κ3) is 18.3. The zero-order valence-electron chi connectivity index (χ0n) is 46.3. The zero-order chi connectivity index (χ0) is 55.6. The molecule has 416 valence electrons. The van der Waals surface area contributed by atoms with Crippen molar-refractivity contribution in [2.24, 2.45) is 46.5 Å². The number of aliphatic hydroxyl groups is 4. The second kappa shape index (κ2) is 30.0. The van der Waals surface area contributed by atoms with Crippen molar-refractivity contribution in [3.63, 3.8) is 0 Å². The third-order valence-corrected chi connectivity index (χ3v) is 15.5. The van der Waals surface area contributed by atoms with Crippen molar-refractivity contribution < 1.29 is 58.9 Å². The Balaban J connectivity index is 1.28. The summed E-state index contributed by atoms with van der Waals surface area (Å²) in [5.41, 5.74) is 1.54. The number of phenols is 1. The lowest BCUT2D eigenvalue weighted by Gasteiger charge is -2.51. The van der Waals surface area contributed by atoms with Crippen LogP contribution in [0.1, 0.15) is 139 Å². The molecule has 4 amide bonds. The first kappa shape index (κ1) is 62.4. The monoisotopic (exact) mass is 1040 g/mol. The van der Waals surface area contributed by atoms with Crippen LogP contribution in [-0.2, 0) is 35.1 Å². The van der Waals surface area contributed by atoms with Crippen LogP contribution in [0.25, 0.3) is 0 Å². The number of piperidine rings is 1. The van der Waals surface area contributed by atoms with Gasteiger partial charge in [-0.25, -0.2) is 4.79 Å². The summed E-state index contributed by atoms with van der Waals surface area (Å²) in [5.74, 6) is -4.19. The maximum Gasteiger partial charge on any atom is 0.434 e. The number of phenolic OH excluding ortho intramolecular Hbond substituents is 1. The largest absolute Gasteiger partial charge is 0.508 e. The van der Waals surface area contributed by atoms with E-state index in [1.54, 1.807) is 51.1 Å². The van der Waals surface area contributed by atoms with E-state index in [9.17, 15) is 49.5 Å². The summed E-state index contributed by atoms with van der Waals surface area (Å²) in [7, 11) is 0. The summed E-state index contributed by atoms with van der Waals surface area (Å²) >= 11 is 0. The smallest absolute Gasteiger partial charge is 0.434 e. The first-order chi connectivity index (χ1) is 35.5. The number of nitrogens with zero attached hydrogens (tertiary/aromatic N) is 2. The molecule has 16 nitrogen and oxygen atoms in total. The fourth-order valence-electron chi connectivity index (χ4n) is 10.2. The van der Waals surface area contributed by atoms with Gasteiger partial charge in [0, 0.05) is 49.4 Å². The zero-order valence-corrected chi connectivity index (χ0v) is 46.3. The number of aliphatic hydroxyl groups excluding tert-OH is 4. The minimum atomic E-state index is -1.42. The van der Waals surface area contributed by atoms with Crippen LogP contribution >= 0.6 is 0 Å². The van der Waals surface area contributed by atoms with Gasteiger partial charge in [-0.1, -0.05) is 114 Å². The molecular weight excluding hydrogens is 955 g/mol. The highest BCUT2D eigenvalue weighted by Gasteiger charge is 2.51. The molecule has 16 heteroatoms. The van der Waals surface area contributed by atoms with Gasteiger partial charge < -0.3 is 51.0 Å². The van der Waals surface area contributed by atoms with Gasteiger partial charge in [0.2, 0.25) is 17.7 Å². The summed E-state index contributed by atoms with van der Waals surface area (Å²) in [4.78, 5) is 66.7. The van der Waals surface area contributed by atoms with Gasteiger partial charge in [-0.15, -0.1) is 0 Å². The molecule has 1 saturated heterocycles. The number of carbonyl (C=O) groups excluding carboxylic acids is 5. The Bertz CT molecular complexity index is 2270. The average molecular weight is 1050 g/mol. The van der Waals surface area contributed by atoms with E-state index in [1.807, 2.05) is 45.9 Å². The Morgan fingerprint density at radius 3 is 2.36 bits per heavy atom. The maximum atomic E-state index is 14.0. The second-order valence-electron chi connectivity index (χ2n) is 22.0. The van der Waals surface area contributed by atoms with Crippen LogP contribution in [0.4, 0.5) is 0 Å². The van der Waals surface area contributed by atoms with Crippen molar-refractivity contribution in [3.8, 4) is 5.75 Å². The number of amides is 4. The molecule has 0 bridgehead atoms. The van der Waals surface area contributed by atoms with Gasteiger partial charge >= 0.3 is 5.91 Å². The number of aromatic hydroxyl groups is 1. The van der Waals surface area contributed by atoms with Gasteiger partial charge in [0.25, 0.3) is 0 Å². The fraction of sp³-hybridized carbons (Fsp3) is 0.644. The second-order valence-corrected chi connectivity index (χ2v) is 22.0. The highest BCUT2D eigenvalue weighted by Crippen LogP contribution is 2.43. The summed E-state index contributed by atoms with van der Waals surface area (Å²) in [5, 5.41) is 68.0. The van der Waals surface area contributed by atoms with E-state index in [2.05, 4.69) is 41.0 Å². The van der Waals surface area contributed by atoms with Crippen molar-refractivity contribution >= 4 is 29.4 Å². The van der Waals surface area contributed by atoms with Crippen molar-refractivity contribution in [1.29, 1.82) is 0 Å². The van der Waals surface area contributed by atoms with Crippen LogP contribution < -0.4 is 16.0 Å². The van der Waals surface area contributed by atoms with Crippen molar-refractivity contribution in [3.05, 3.63) is 89.6 Å². The molecule has 4 rings (SSSR count). The van der Waals surface area contributed by atoms with Crippen LogP contribution in [-0.4, -0.2) is 121 Å². The molecular formula is C59H90N5O11+. The molecule has 75 heavy (non-hydrogen) atoms. The number of rotatable bonds is 27. The number of azo groups is 2. The number of ketones is 1. The molecule has 3 aliphatic heterocycles. The van der Waals surface area contributed by atoms with E-state index < -0.39 is 77.7 Å². The van der Waals surface area contributed by atoms with Gasteiger partial charge in [0.1, 0.15) is 24.1 Å². The molecule has 8 N–H and O–H groups in total. The van der Waals surface area contributed by atoms with Crippen molar-refractivity contribution in [1.82, 2.24) is 16.0 Å². The number of benzene rings is 1. The minimum absolute atomic E-state index is 0.00877. The molecule has 1 fully saturated rings. The Kier molecular flexibility index (Phi) is 24.9. The van der Waals surface area contributed by atoms with E-state index >= 15 is 0 Å². The van der Waals surface area contributed by atoms with Crippen LogP contribution in [0, 0.1) is 41.4 Å². The lowest BCUT2D eigenvalue weighted by molar-refractivity contribution is -0.523. The molecule has 3 heterocycles. The van der Waals surface area contributed by atoms with Gasteiger partial charge in [-0.2, -0.15) is 0 Å². The van der Waals surface area contributed by atoms with Crippen LogP contribution in [0.2, 0.25) is 0 Å². The molecule has 1 aromatic rings. The first-order valence-corrected chi connectivity index (χ1v) is 27.4. The molecule has 0 aliphatic carbocycles. The highest BCUT2D eigenvalue weighted by atomic mass is 16.5. The average Bonchev–Trinajstić information content (AvgIpc) is 3.36. The lowest BCUT2D eigenvalue weighted by Crippen LogP contribution is -2.64. The number of hydrogen-bond acceptors (Lipinski definition) is 12. The number of carbonyl (C=O) groups is 5. The molecule has 1 aromatic carbocycles. The minimum Gasteiger partial charge on any atom is -0.508 e. The topological polar surface area (TPSA) is 247 Å². The molecule has 0 aromatic heterocycles. The molecule has 0 radical (unpaired) electrons. The van der Waals surface area contributed by atoms with Crippen LogP contribution in [0.5, 0.6) is 5.75 Å². The maximum absolute atomic E-state index is 14.0. The Hall–Kier alpha value is -5.13. The predicted molar refractivity (Wildman–Crippen MR) is 289 cm³/mol. The van der Waals surface area contributed by atoms with E-state index in [-0.39, 0.29) is 66.5 Å². The number of Topliss-reactive ketones (excluding diaryl/α,β-unsaturated/α-hetero) is 1. The summed E-state index contributed by atoms with van der Waals surface area (Å²) in [6.07, 6.45) is 15.7. The standard InChI is InChI=1S/C59H89N5O11/c1-11-45-32-41(8)59(63-55(45)71)40(7)31-39(6)52(75-59)35-51(69)38(5)22-15-12-14-21-37(4)49(67)25-16-13-17-26-50(68)43(10)54(70)47(28-27-42(9)65)56(72)62-53(36(2)3)57(73)61-48(34-44-23-20-24-46(66)33-44)58(74)64-30-19-18-29-60-64/h12-14,16-17,20-21,23-24,26,31,33,36,38-39,41,43,45,47-54,67-70H,11,15,18-19,22,25,27-30,32,34-35H2,1-10H3,(H3-,61,62,63,66,71,72,73)/p+1/b14-12+,16-13+,26-17+,37-21+/t38-,39+,41-,43-,45-,47+,48-,49-,50+,51-,52-,53-,54+,59-/m0/s1. The summed E-state index contributed by atoms with van der Waals surface area (Å²) in [6.45, 7) is 19.5. The van der Waals surface area contributed by atoms with E-state index in [1.165, 1.54) is 29.8 Å². The van der Waals surface area contributed by atoms with E-state index in [4.69, 9.17) is 4.74 Å². The molecule has 0 unspecified atom stereocenters. The van der Waals surface area contributed by atoms with E-state index in [0.29, 0.717) is 31.5 Å². The predicted octanol–water partition coefficient (Wildman–Crippen LogP) is 7.08. The Labute approximate surface area is 446 Å².